The second kappa shape index (κ2) is 6.66. The van der Waals surface area contributed by atoms with Crippen molar-refractivity contribution >= 4 is 15.9 Å². The van der Waals surface area contributed by atoms with Gasteiger partial charge in [-0.05, 0) is 30.9 Å². The van der Waals surface area contributed by atoms with Crippen LogP contribution in [-0.2, 0) is 13.0 Å². The van der Waals surface area contributed by atoms with Crippen molar-refractivity contribution < 1.29 is 5.11 Å². The predicted molar refractivity (Wildman–Crippen MR) is 73.3 cm³/mol. The number of benzene rings is 1. The van der Waals surface area contributed by atoms with Crippen molar-refractivity contribution in [2.75, 3.05) is 6.61 Å². The Hall–Kier alpha value is -1.20. The first-order chi connectivity index (χ1) is 8.79. The third kappa shape index (κ3) is 3.65. The summed E-state index contributed by atoms with van der Waals surface area (Å²) in [5.41, 5.74) is 2.17. The van der Waals surface area contributed by atoms with Gasteiger partial charge in [-0.25, -0.2) is 4.68 Å². The molecule has 0 bridgehead atoms. The van der Waals surface area contributed by atoms with Crippen molar-refractivity contribution in [2.24, 2.45) is 0 Å². The van der Waals surface area contributed by atoms with Crippen LogP contribution in [0.4, 0.5) is 0 Å². The molecule has 0 unspecified atom stereocenters. The fraction of sp³-hybridized carbons (Fsp3) is 0.385. The van der Waals surface area contributed by atoms with Gasteiger partial charge in [-0.2, -0.15) is 0 Å². The van der Waals surface area contributed by atoms with E-state index in [9.17, 15) is 0 Å². The molecule has 1 N–H and O–H groups in total. The molecular weight excluding hydrogens is 294 g/mol. The Bertz CT molecular complexity index is 498. The molecule has 0 aliphatic rings. The minimum Gasteiger partial charge on any atom is -0.396 e. The van der Waals surface area contributed by atoms with Gasteiger partial charge in [-0.15, -0.1) is 5.10 Å². The molecule has 0 saturated heterocycles. The number of rotatable bonds is 6. The highest BCUT2D eigenvalue weighted by molar-refractivity contribution is 9.10. The van der Waals surface area contributed by atoms with Crippen LogP contribution in [-0.4, -0.2) is 26.7 Å². The van der Waals surface area contributed by atoms with E-state index in [-0.39, 0.29) is 6.61 Å². The molecular formula is C13H16BrN3O. The summed E-state index contributed by atoms with van der Waals surface area (Å²) in [6.45, 7) is 0.958. The average Bonchev–Trinajstić information content (AvgIpc) is 2.80. The van der Waals surface area contributed by atoms with E-state index in [2.05, 4.69) is 32.3 Å². The van der Waals surface area contributed by atoms with Crippen molar-refractivity contribution in [1.82, 2.24) is 15.0 Å². The molecule has 5 heteroatoms. The molecule has 1 heterocycles. The SMILES string of the molecule is OCCCCc1cn(Cc2ccccc2Br)nn1. The van der Waals surface area contributed by atoms with Crippen molar-refractivity contribution in [3.8, 4) is 0 Å². The number of hydrogen-bond donors (Lipinski definition) is 1. The summed E-state index contributed by atoms with van der Waals surface area (Å²) in [5, 5.41) is 17.0. The van der Waals surface area contributed by atoms with Gasteiger partial charge in [-0.1, -0.05) is 39.3 Å². The first-order valence-corrected chi connectivity index (χ1v) is 6.82. The van der Waals surface area contributed by atoms with E-state index >= 15 is 0 Å². The Morgan fingerprint density at radius 3 is 2.83 bits per heavy atom. The molecule has 2 rings (SSSR count). The van der Waals surface area contributed by atoms with Crippen LogP contribution in [0.3, 0.4) is 0 Å². The third-order valence-electron chi connectivity index (χ3n) is 2.72. The molecule has 2 aromatic rings. The lowest BCUT2D eigenvalue weighted by molar-refractivity contribution is 0.284. The van der Waals surface area contributed by atoms with Crippen LogP contribution in [0.25, 0.3) is 0 Å². The monoisotopic (exact) mass is 309 g/mol. The van der Waals surface area contributed by atoms with Gasteiger partial charge < -0.3 is 5.11 Å². The van der Waals surface area contributed by atoms with Crippen molar-refractivity contribution in [2.45, 2.75) is 25.8 Å². The van der Waals surface area contributed by atoms with E-state index in [0.717, 1.165) is 29.4 Å². The van der Waals surface area contributed by atoms with Crippen LogP contribution in [0.5, 0.6) is 0 Å². The Labute approximate surface area is 115 Å². The second-order valence-corrected chi connectivity index (χ2v) is 5.03. The highest BCUT2D eigenvalue weighted by Crippen LogP contribution is 2.16. The Balaban J connectivity index is 1.96. The van der Waals surface area contributed by atoms with E-state index in [1.165, 1.54) is 5.56 Å². The lowest BCUT2D eigenvalue weighted by Gasteiger charge is -2.02. The summed E-state index contributed by atoms with van der Waals surface area (Å²) in [7, 11) is 0. The zero-order chi connectivity index (χ0) is 12.8. The van der Waals surface area contributed by atoms with E-state index in [4.69, 9.17) is 5.11 Å². The summed E-state index contributed by atoms with van der Waals surface area (Å²) in [4.78, 5) is 0. The molecule has 96 valence electrons. The van der Waals surface area contributed by atoms with Gasteiger partial charge in [0.05, 0.1) is 12.2 Å². The molecule has 0 radical (unpaired) electrons. The second-order valence-electron chi connectivity index (χ2n) is 4.18. The molecule has 0 spiro atoms. The molecule has 1 aromatic heterocycles. The van der Waals surface area contributed by atoms with Crippen molar-refractivity contribution in [3.63, 3.8) is 0 Å². The summed E-state index contributed by atoms with van der Waals surface area (Å²) < 4.78 is 2.93. The molecule has 0 amide bonds. The first-order valence-electron chi connectivity index (χ1n) is 6.03. The minimum absolute atomic E-state index is 0.241. The molecule has 0 saturated carbocycles. The fourth-order valence-corrected chi connectivity index (χ4v) is 2.16. The van der Waals surface area contributed by atoms with Crippen LogP contribution < -0.4 is 0 Å². The first kappa shape index (κ1) is 13.2. The maximum Gasteiger partial charge on any atom is 0.0827 e. The lowest BCUT2D eigenvalue weighted by Crippen LogP contribution is -2.00. The van der Waals surface area contributed by atoms with Crippen LogP contribution in [0.1, 0.15) is 24.1 Å². The summed E-state index contributed by atoms with van der Waals surface area (Å²) in [6.07, 6.45) is 4.61. The standard InChI is InChI=1S/C13H16BrN3O/c14-13-7-2-1-5-11(13)9-17-10-12(15-16-17)6-3-4-8-18/h1-2,5,7,10,18H,3-4,6,8-9H2. The normalized spacial score (nSPS) is 10.8. The molecule has 0 fully saturated rings. The maximum atomic E-state index is 8.73. The van der Waals surface area contributed by atoms with Gasteiger partial charge >= 0.3 is 0 Å². The molecule has 18 heavy (non-hydrogen) atoms. The number of aliphatic hydroxyl groups excluding tert-OH is 1. The number of unbranched alkanes of at least 4 members (excludes halogenated alkanes) is 1. The van der Waals surface area contributed by atoms with E-state index in [0.29, 0.717) is 6.54 Å². The summed E-state index contributed by atoms with van der Waals surface area (Å²) in [6, 6.07) is 8.10. The van der Waals surface area contributed by atoms with Crippen LogP contribution in [0.15, 0.2) is 34.9 Å². The summed E-state index contributed by atoms with van der Waals surface area (Å²) >= 11 is 3.52. The van der Waals surface area contributed by atoms with Crippen molar-refractivity contribution in [1.29, 1.82) is 0 Å². The molecule has 1 aromatic carbocycles. The van der Waals surface area contributed by atoms with Gasteiger partial charge in [0, 0.05) is 17.3 Å². The number of aliphatic hydroxyl groups is 1. The van der Waals surface area contributed by atoms with E-state index in [1.54, 1.807) is 0 Å². The number of halogens is 1. The lowest BCUT2D eigenvalue weighted by atomic mass is 10.2. The largest absolute Gasteiger partial charge is 0.396 e. The Kier molecular flexibility index (Phi) is 4.90. The smallest absolute Gasteiger partial charge is 0.0827 e. The van der Waals surface area contributed by atoms with Gasteiger partial charge in [0.25, 0.3) is 0 Å². The maximum absolute atomic E-state index is 8.73. The fourth-order valence-electron chi connectivity index (χ4n) is 1.75. The third-order valence-corrected chi connectivity index (χ3v) is 3.49. The van der Waals surface area contributed by atoms with Crippen LogP contribution in [0.2, 0.25) is 0 Å². The Morgan fingerprint density at radius 2 is 2.06 bits per heavy atom. The van der Waals surface area contributed by atoms with Gasteiger partial charge in [-0.3, -0.25) is 0 Å². The van der Waals surface area contributed by atoms with E-state index in [1.807, 2.05) is 29.1 Å². The molecule has 0 aliphatic carbocycles. The highest BCUT2D eigenvalue weighted by atomic mass is 79.9. The van der Waals surface area contributed by atoms with Crippen LogP contribution in [0, 0.1) is 0 Å². The zero-order valence-corrected chi connectivity index (χ0v) is 11.7. The van der Waals surface area contributed by atoms with Gasteiger partial charge in [0.2, 0.25) is 0 Å². The minimum atomic E-state index is 0.241. The molecule has 4 nitrogen and oxygen atoms in total. The molecule has 0 atom stereocenters. The van der Waals surface area contributed by atoms with Crippen LogP contribution >= 0.6 is 15.9 Å². The number of nitrogens with zero attached hydrogens (tertiary/aromatic N) is 3. The topological polar surface area (TPSA) is 50.9 Å². The average molecular weight is 310 g/mol. The number of hydrogen-bond acceptors (Lipinski definition) is 3. The zero-order valence-electron chi connectivity index (χ0n) is 10.1. The summed E-state index contributed by atoms with van der Waals surface area (Å²) in [5.74, 6) is 0. The van der Waals surface area contributed by atoms with Gasteiger partial charge in [0.1, 0.15) is 0 Å². The quantitative estimate of drug-likeness (QED) is 0.834. The Morgan fingerprint density at radius 1 is 1.22 bits per heavy atom. The predicted octanol–water partition coefficient (Wildman–Crippen LogP) is 2.40. The van der Waals surface area contributed by atoms with Crippen molar-refractivity contribution in [3.05, 3.63) is 46.2 Å². The highest BCUT2D eigenvalue weighted by Gasteiger charge is 2.03. The number of aromatic nitrogens is 3. The molecule has 0 aliphatic heterocycles. The number of aryl methyl sites for hydroxylation is 1. The van der Waals surface area contributed by atoms with Gasteiger partial charge in [0.15, 0.2) is 0 Å². The van der Waals surface area contributed by atoms with E-state index < -0.39 is 0 Å².